The number of imidazole rings is 1. The summed E-state index contributed by atoms with van der Waals surface area (Å²) in [5.41, 5.74) is 4.65. The van der Waals surface area contributed by atoms with Gasteiger partial charge in [-0.15, -0.1) is 0 Å². The van der Waals surface area contributed by atoms with Crippen molar-refractivity contribution in [3.8, 4) is 17.4 Å². The molecule has 0 spiro atoms. The number of aromatic nitrogens is 5. The van der Waals surface area contributed by atoms with Crippen LogP contribution in [0, 0.1) is 6.92 Å². The zero-order chi connectivity index (χ0) is 35.9. The molecule has 1 fully saturated rings. The molecule has 0 radical (unpaired) electrons. The van der Waals surface area contributed by atoms with Gasteiger partial charge in [-0.2, -0.15) is 9.78 Å². The fraction of sp³-hybridized carbons (Fsp3) is 0.324. The number of nitrogens with zero attached hydrogens (tertiary/aromatic N) is 7. The van der Waals surface area contributed by atoms with Gasteiger partial charge >= 0.3 is 0 Å². The Kier molecular flexibility index (Phi) is 10.7. The van der Waals surface area contributed by atoms with Crippen LogP contribution < -0.4 is 19.7 Å². The van der Waals surface area contributed by atoms with Gasteiger partial charge in [0, 0.05) is 38.8 Å². The fourth-order valence-corrected chi connectivity index (χ4v) is 5.99. The fourth-order valence-electron chi connectivity index (χ4n) is 5.99. The summed E-state index contributed by atoms with van der Waals surface area (Å²) < 4.78 is 13.3. The second-order valence-electron chi connectivity index (χ2n) is 12.5. The van der Waals surface area contributed by atoms with Gasteiger partial charge in [0.2, 0.25) is 5.95 Å². The minimum Gasteiger partial charge on any atom is -0.496 e. The van der Waals surface area contributed by atoms with Crippen LogP contribution in [0.5, 0.6) is 11.5 Å². The monoisotopic (exact) mass is 691 g/mol. The summed E-state index contributed by atoms with van der Waals surface area (Å²) >= 11 is 0. The third-order valence-electron chi connectivity index (χ3n) is 8.93. The zero-order valence-corrected chi connectivity index (χ0v) is 29.2. The molecule has 2 N–H and O–H groups in total. The van der Waals surface area contributed by atoms with E-state index < -0.39 is 5.91 Å². The molecule has 0 aliphatic carbocycles. The standard InChI is InChI=1S/C37H41N9O5/c1-25-11-14-31(33(20-25)51-19-6-5-8-27(22-47)45-17-15-43(2)16-18-45)44(3)36(49)26-12-13-28(32(21-26)50-4)35(48)40-29-9-7-10-30-34(29)42-37(41-30)46-24-38-23-39-46/h7,9-14,20-21,23-24H,5-6,8,15-19H2,1-4H3,(H,40,48)(H,41,42). The Bertz CT molecular complexity index is 2060. The Hall–Kier alpha value is -5.98. The largest absolute Gasteiger partial charge is 0.496 e. The summed E-state index contributed by atoms with van der Waals surface area (Å²) in [4.78, 5) is 56.5. The van der Waals surface area contributed by atoms with Crippen LogP contribution in [0.2, 0.25) is 0 Å². The third kappa shape index (κ3) is 7.93. The number of allylic oxidation sites excluding steroid dienone is 1. The van der Waals surface area contributed by atoms with Crippen molar-refractivity contribution in [2.45, 2.75) is 26.2 Å². The van der Waals surface area contributed by atoms with Gasteiger partial charge in [0.1, 0.15) is 35.6 Å². The van der Waals surface area contributed by atoms with Gasteiger partial charge in [-0.25, -0.2) is 14.8 Å². The van der Waals surface area contributed by atoms with Crippen molar-refractivity contribution in [1.82, 2.24) is 34.5 Å². The molecule has 0 bridgehead atoms. The summed E-state index contributed by atoms with van der Waals surface area (Å²) in [7, 11) is 5.22. The number of carbonyl (C=O) groups is 2. The number of unbranched alkanes of at least 4 members (excludes halogenated alkanes) is 1. The number of carbonyl (C=O) groups excluding carboxylic acids is 3. The highest BCUT2D eigenvalue weighted by Gasteiger charge is 2.22. The van der Waals surface area contributed by atoms with Crippen molar-refractivity contribution in [3.63, 3.8) is 0 Å². The first-order valence-corrected chi connectivity index (χ1v) is 16.8. The number of piperazine rings is 1. The Labute approximate surface area is 295 Å². The van der Waals surface area contributed by atoms with Crippen molar-refractivity contribution in [2.24, 2.45) is 0 Å². The number of aryl methyl sites for hydroxylation is 1. The maximum atomic E-state index is 13.8. The zero-order valence-electron chi connectivity index (χ0n) is 29.2. The van der Waals surface area contributed by atoms with Crippen LogP contribution in [0.25, 0.3) is 17.0 Å². The van der Waals surface area contributed by atoms with Gasteiger partial charge in [0.25, 0.3) is 11.8 Å². The molecule has 3 aromatic carbocycles. The van der Waals surface area contributed by atoms with Crippen LogP contribution in [0.3, 0.4) is 0 Å². The van der Waals surface area contributed by atoms with Gasteiger partial charge in [-0.1, -0.05) is 12.1 Å². The molecular weight excluding hydrogens is 650 g/mol. The maximum absolute atomic E-state index is 13.8. The highest BCUT2D eigenvalue weighted by Crippen LogP contribution is 2.32. The Morgan fingerprint density at radius 3 is 2.61 bits per heavy atom. The lowest BCUT2D eigenvalue weighted by Crippen LogP contribution is -2.44. The van der Waals surface area contributed by atoms with Crippen LogP contribution in [-0.4, -0.2) is 106 Å². The van der Waals surface area contributed by atoms with E-state index >= 15 is 0 Å². The summed E-state index contributed by atoms with van der Waals surface area (Å²) in [5.74, 6) is 2.70. The molecule has 2 aromatic heterocycles. The summed E-state index contributed by atoms with van der Waals surface area (Å²) in [6.07, 6.45) is 5.10. The number of likely N-dealkylation sites (N-methyl/N-ethyl adjacent to an activating group) is 1. The first-order chi connectivity index (χ1) is 24.7. The molecule has 1 saturated heterocycles. The maximum Gasteiger partial charge on any atom is 0.259 e. The lowest BCUT2D eigenvalue weighted by atomic mass is 10.1. The number of nitrogens with one attached hydrogen (secondary N) is 2. The lowest BCUT2D eigenvalue weighted by Gasteiger charge is -2.34. The molecule has 0 unspecified atom stereocenters. The molecule has 3 heterocycles. The highest BCUT2D eigenvalue weighted by molar-refractivity contribution is 6.11. The number of anilines is 2. The first kappa shape index (κ1) is 34.9. The molecule has 14 heteroatoms. The minimum atomic E-state index is -0.425. The van der Waals surface area contributed by atoms with Crippen molar-refractivity contribution in [2.75, 3.05) is 64.2 Å². The number of H-pyrrole nitrogens is 1. The number of hydrogen-bond acceptors (Lipinski definition) is 10. The number of hydrogen-bond donors (Lipinski definition) is 2. The topological polar surface area (TPSA) is 151 Å². The number of para-hydroxylation sites is 1. The van der Waals surface area contributed by atoms with Crippen LogP contribution in [0.4, 0.5) is 11.4 Å². The van der Waals surface area contributed by atoms with Crippen LogP contribution in [0.1, 0.15) is 45.5 Å². The molecule has 14 nitrogen and oxygen atoms in total. The Balaban J connectivity index is 1.10. The molecular formula is C37H41N9O5. The van der Waals surface area contributed by atoms with E-state index in [1.54, 1.807) is 37.4 Å². The van der Waals surface area contributed by atoms with E-state index in [0.29, 0.717) is 52.7 Å². The van der Waals surface area contributed by atoms with Gasteiger partial charge in [0.15, 0.2) is 0 Å². The number of rotatable bonds is 13. The number of benzene rings is 3. The van der Waals surface area contributed by atoms with Crippen molar-refractivity contribution in [3.05, 3.63) is 89.6 Å². The van der Waals surface area contributed by atoms with Gasteiger partial charge < -0.3 is 34.5 Å². The highest BCUT2D eigenvalue weighted by atomic mass is 16.5. The van der Waals surface area contributed by atoms with E-state index in [4.69, 9.17) is 9.47 Å². The third-order valence-corrected chi connectivity index (χ3v) is 8.93. The molecule has 264 valence electrons. The smallest absolute Gasteiger partial charge is 0.259 e. The van der Waals surface area contributed by atoms with Crippen molar-refractivity contribution >= 4 is 40.2 Å². The van der Waals surface area contributed by atoms with Crippen molar-refractivity contribution in [1.29, 1.82) is 0 Å². The van der Waals surface area contributed by atoms with Crippen LogP contribution in [-0.2, 0) is 4.79 Å². The van der Waals surface area contributed by atoms with Crippen LogP contribution in [0.15, 0.2) is 72.9 Å². The second kappa shape index (κ2) is 15.7. The summed E-state index contributed by atoms with van der Waals surface area (Å²) in [6.45, 7) is 5.93. The van der Waals surface area contributed by atoms with Crippen LogP contribution >= 0.6 is 0 Å². The van der Waals surface area contributed by atoms with E-state index in [-0.39, 0.29) is 17.2 Å². The molecule has 0 saturated carbocycles. The average Bonchev–Trinajstić information content (AvgIpc) is 3.84. The molecule has 2 amide bonds. The molecule has 5 aromatic rings. The number of ether oxygens (including phenoxy) is 2. The molecule has 0 atom stereocenters. The normalized spacial score (nSPS) is 13.1. The predicted octanol–water partition coefficient (Wildman–Crippen LogP) is 4.50. The molecule has 1 aliphatic rings. The number of methoxy groups -OCH3 is 1. The molecule has 51 heavy (non-hydrogen) atoms. The second-order valence-corrected chi connectivity index (χ2v) is 12.5. The molecule has 6 rings (SSSR count). The number of fused-ring (bicyclic) bond motifs is 1. The van der Waals surface area contributed by atoms with E-state index in [2.05, 4.69) is 48.2 Å². The summed E-state index contributed by atoms with van der Waals surface area (Å²) in [5, 5.41) is 7.02. The SMILES string of the molecule is COc1cc(C(=O)N(C)c2ccc(C)cc2OCCCCC(=C=O)N2CCN(C)CC2)ccc1C(=O)Nc1cccc2[nH]c(-n3cncn3)nc12. The summed E-state index contributed by atoms with van der Waals surface area (Å²) in [6, 6.07) is 15.8. The minimum absolute atomic E-state index is 0.241. The molecule has 1 aliphatic heterocycles. The predicted molar refractivity (Wildman–Crippen MR) is 193 cm³/mol. The average molecular weight is 692 g/mol. The van der Waals surface area contributed by atoms with E-state index in [1.807, 2.05) is 31.2 Å². The van der Waals surface area contributed by atoms with Gasteiger partial charge in [-0.3, -0.25) is 9.59 Å². The Morgan fingerprint density at radius 1 is 1.04 bits per heavy atom. The van der Waals surface area contributed by atoms with E-state index in [0.717, 1.165) is 50.3 Å². The number of amides is 2. The number of aromatic amines is 1. The Morgan fingerprint density at radius 2 is 1.86 bits per heavy atom. The van der Waals surface area contributed by atoms with Gasteiger partial charge in [-0.05, 0) is 81.3 Å². The van der Waals surface area contributed by atoms with Gasteiger partial charge in [0.05, 0.1) is 41.9 Å². The first-order valence-electron chi connectivity index (χ1n) is 16.8. The quantitative estimate of drug-likeness (QED) is 0.133. The van der Waals surface area contributed by atoms with E-state index in [1.165, 1.54) is 29.3 Å². The van der Waals surface area contributed by atoms with Crippen molar-refractivity contribution < 1.29 is 23.9 Å². The lowest BCUT2D eigenvalue weighted by molar-refractivity contribution is 0.0987. The van der Waals surface area contributed by atoms with E-state index in [9.17, 15) is 14.4 Å².